The van der Waals surface area contributed by atoms with E-state index < -0.39 is 5.91 Å². The van der Waals surface area contributed by atoms with Crippen LogP contribution in [0.25, 0.3) is 11.1 Å². The molecule has 1 aliphatic heterocycles. The average Bonchev–Trinajstić information content (AvgIpc) is 2.96. The molecule has 17 heavy (non-hydrogen) atoms. The van der Waals surface area contributed by atoms with E-state index in [2.05, 4.69) is 16.0 Å². The summed E-state index contributed by atoms with van der Waals surface area (Å²) in [4.78, 5) is 17.7. The quantitative estimate of drug-likeness (QED) is 0.844. The molecule has 1 radical (unpaired) electrons. The number of carbonyl (C=O) groups excluding carboxylic acids is 1. The number of nitrogens with zero attached hydrogens (tertiary/aromatic N) is 2. The van der Waals surface area contributed by atoms with Crippen LogP contribution in [0.15, 0.2) is 16.5 Å². The van der Waals surface area contributed by atoms with Gasteiger partial charge in [-0.2, -0.15) is 4.98 Å². The molecule has 0 aliphatic carbocycles. The van der Waals surface area contributed by atoms with Crippen molar-refractivity contribution in [3.05, 3.63) is 23.8 Å². The van der Waals surface area contributed by atoms with Gasteiger partial charge in [-0.1, -0.05) is 0 Å². The van der Waals surface area contributed by atoms with Crippen molar-refractivity contribution >= 4 is 23.0 Å². The Bertz CT molecular complexity index is 570. The topological polar surface area (TPSA) is 72.4 Å². The third-order valence-corrected chi connectivity index (χ3v) is 2.96. The van der Waals surface area contributed by atoms with Crippen LogP contribution in [0.1, 0.15) is 23.2 Å². The molecule has 1 fully saturated rings. The number of anilines is 1. The smallest absolute Gasteiger partial charge is 0.298 e. The minimum atomic E-state index is -0.531. The van der Waals surface area contributed by atoms with Gasteiger partial charge in [-0.05, 0) is 31.0 Å². The fourth-order valence-electron chi connectivity index (χ4n) is 2.11. The lowest BCUT2D eigenvalue weighted by Crippen LogP contribution is -2.17. The summed E-state index contributed by atoms with van der Waals surface area (Å²) in [5.41, 5.74) is 6.65. The molecule has 1 aromatic heterocycles. The molecule has 5 heteroatoms. The molecule has 1 saturated heterocycles. The van der Waals surface area contributed by atoms with Crippen LogP contribution in [0, 0.1) is 6.07 Å². The first-order chi connectivity index (χ1) is 8.25. The van der Waals surface area contributed by atoms with Crippen LogP contribution in [0.4, 0.5) is 6.01 Å². The molecule has 1 aromatic carbocycles. The molecule has 0 unspecified atom stereocenters. The van der Waals surface area contributed by atoms with Gasteiger partial charge in [0.15, 0.2) is 5.58 Å². The third-order valence-electron chi connectivity index (χ3n) is 2.96. The van der Waals surface area contributed by atoms with Crippen LogP contribution in [0.5, 0.6) is 0 Å². The summed E-state index contributed by atoms with van der Waals surface area (Å²) in [5, 5.41) is 0. The lowest BCUT2D eigenvalue weighted by molar-refractivity contribution is 0.100. The van der Waals surface area contributed by atoms with Crippen LogP contribution >= 0.6 is 0 Å². The molecular weight excluding hydrogens is 218 g/mol. The molecule has 87 valence electrons. The van der Waals surface area contributed by atoms with Gasteiger partial charge in [-0.3, -0.25) is 4.79 Å². The Labute approximate surface area is 98.2 Å². The number of rotatable bonds is 2. The van der Waals surface area contributed by atoms with Crippen molar-refractivity contribution in [2.45, 2.75) is 12.8 Å². The molecule has 1 aliphatic rings. The maximum absolute atomic E-state index is 11.2. The first kappa shape index (κ1) is 10.1. The zero-order valence-corrected chi connectivity index (χ0v) is 9.27. The molecule has 2 heterocycles. The van der Waals surface area contributed by atoms with Crippen molar-refractivity contribution in [3.8, 4) is 0 Å². The predicted octanol–water partition coefficient (Wildman–Crippen LogP) is 1.33. The van der Waals surface area contributed by atoms with Crippen molar-refractivity contribution < 1.29 is 9.21 Å². The zero-order valence-electron chi connectivity index (χ0n) is 9.27. The fourth-order valence-corrected chi connectivity index (χ4v) is 2.11. The van der Waals surface area contributed by atoms with Gasteiger partial charge >= 0.3 is 0 Å². The third kappa shape index (κ3) is 1.63. The highest BCUT2D eigenvalue weighted by atomic mass is 16.4. The highest BCUT2D eigenvalue weighted by Crippen LogP contribution is 2.26. The van der Waals surface area contributed by atoms with Gasteiger partial charge in [0, 0.05) is 13.1 Å². The molecule has 2 aromatic rings. The largest absolute Gasteiger partial charge is 0.423 e. The van der Waals surface area contributed by atoms with Gasteiger partial charge in [0.25, 0.3) is 11.9 Å². The molecule has 3 rings (SSSR count). The van der Waals surface area contributed by atoms with Crippen molar-refractivity contribution in [1.82, 2.24) is 4.98 Å². The van der Waals surface area contributed by atoms with E-state index in [4.69, 9.17) is 10.2 Å². The first-order valence-electron chi connectivity index (χ1n) is 5.62. The van der Waals surface area contributed by atoms with E-state index in [-0.39, 0.29) is 5.56 Å². The van der Waals surface area contributed by atoms with Crippen LogP contribution in [-0.2, 0) is 0 Å². The summed E-state index contributed by atoms with van der Waals surface area (Å²) in [6, 6.07) is 6.74. The fraction of sp³-hybridized carbons (Fsp3) is 0.333. The Kier molecular flexibility index (Phi) is 2.24. The summed E-state index contributed by atoms with van der Waals surface area (Å²) in [6.45, 7) is 1.89. The second-order valence-corrected chi connectivity index (χ2v) is 4.12. The monoisotopic (exact) mass is 230 g/mol. The van der Waals surface area contributed by atoms with Crippen LogP contribution < -0.4 is 10.6 Å². The summed E-state index contributed by atoms with van der Waals surface area (Å²) >= 11 is 0. The Balaban J connectivity index is 2.11. The van der Waals surface area contributed by atoms with E-state index in [9.17, 15) is 4.79 Å². The van der Waals surface area contributed by atoms with Crippen molar-refractivity contribution in [1.29, 1.82) is 0 Å². The number of hydrogen-bond donors (Lipinski definition) is 1. The van der Waals surface area contributed by atoms with Crippen molar-refractivity contribution in [3.63, 3.8) is 0 Å². The SMILES string of the molecule is NC(=O)c1[c]ccc2oc(N3CCCC3)nc12. The summed E-state index contributed by atoms with van der Waals surface area (Å²) in [6.07, 6.45) is 2.29. The minimum absolute atomic E-state index is 0.289. The van der Waals surface area contributed by atoms with Gasteiger partial charge in [0.2, 0.25) is 0 Å². The van der Waals surface area contributed by atoms with Crippen LogP contribution in [-0.4, -0.2) is 24.0 Å². The van der Waals surface area contributed by atoms with E-state index in [1.165, 1.54) is 0 Å². The number of carbonyl (C=O) groups is 1. The van der Waals surface area contributed by atoms with Crippen LogP contribution in [0.2, 0.25) is 0 Å². The maximum Gasteiger partial charge on any atom is 0.298 e. The highest BCUT2D eigenvalue weighted by molar-refractivity contribution is 6.03. The second kappa shape index (κ2) is 3.76. The summed E-state index contributed by atoms with van der Waals surface area (Å²) in [5.74, 6) is -0.531. The van der Waals surface area contributed by atoms with E-state index in [1.54, 1.807) is 12.1 Å². The molecule has 2 N–H and O–H groups in total. The highest BCUT2D eigenvalue weighted by Gasteiger charge is 2.20. The van der Waals surface area contributed by atoms with E-state index in [0.717, 1.165) is 25.9 Å². The van der Waals surface area contributed by atoms with Crippen LogP contribution in [0.3, 0.4) is 0 Å². The van der Waals surface area contributed by atoms with Gasteiger partial charge < -0.3 is 15.1 Å². The number of fused-ring (bicyclic) bond motifs is 1. The Hall–Kier alpha value is -2.04. The summed E-state index contributed by atoms with van der Waals surface area (Å²) in [7, 11) is 0. The minimum Gasteiger partial charge on any atom is -0.423 e. The molecular formula is C12H12N3O2. The molecule has 0 bridgehead atoms. The normalized spacial score (nSPS) is 15.6. The first-order valence-corrected chi connectivity index (χ1v) is 5.62. The van der Waals surface area contributed by atoms with Gasteiger partial charge in [-0.15, -0.1) is 0 Å². The van der Waals surface area contributed by atoms with Gasteiger partial charge in [0.05, 0.1) is 5.56 Å². The summed E-state index contributed by atoms with van der Waals surface area (Å²) < 4.78 is 5.63. The predicted molar refractivity (Wildman–Crippen MR) is 62.8 cm³/mol. The number of benzene rings is 1. The number of nitrogens with two attached hydrogens (primary N) is 1. The molecule has 5 nitrogen and oxygen atoms in total. The number of amides is 1. The molecule has 0 spiro atoms. The van der Waals surface area contributed by atoms with E-state index >= 15 is 0 Å². The number of primary amides is 1. The Morgan fingerprint density at radius 3 is 2.94 bits per heavy atom. The lowest BCUT2D eigenvalue weighted by atomic mass is 10.2. The Morgan fingerprint density at radius 1 is 1.47 bits per heavy atom. The van der Waals surface area contributed by atoms with E-state index in [1.807, 2.05) is 0 Å². The number of hydrogen-bond acceptors (Lipinski definition) is 4. The maximum atomic E-state index is 11.2. The van der Waals surface area contributed by atoms with E-state index in [0.29, 0.717) is 17.1 Å². The lowest BCUT2D eigenvalue weighted by Gasteiger charge is -2.10. The average molecular weight is 230 g/mol. The van der Waals surface area contributed by atoms with Crippen molar-refractivity contribution in [2.75, 3.05) is 18.0 Å². The Morgan fingerprint density at radius 2 is 2.24 bits per heavy atom. The van der Waals surface area contributed by atoms with Gasteiger partial charge in [-0.25, -0.2) is 0 Å². The number of oxazole rings is 1. The molecule has 0 saturated carbocycles. The number of aromatic nitrogens is 1. The van der Waals surface area contributed by atoms with Crippen molar-refractivity contribution in [2.24, 2.45) is 5.73 Å². The van der Waals surface area contributed by atoms with Gasteiger partial charge in [0.1, 0.15) is 5.52 Å². The molecule has 0 atom stereocenters. The second-order valence-electron chi connectivity index (χ2n) is 4.12. The molecule has 1 amide bonds. The zero-order chi connectivity index (χ0) is 11.8. The standard InChI is InChI=1S/C12H12N3O2/c13-11(16)8-4-3-5-9-10(8)14-12(17-9)15-6-1-2-7-15/h3,5H,1-2,6-7H2,(H2,13,16).